The summed E-state index contributed by atoms with van der Waals surface area (Å²) < 4.78 is 0. The largest absolute Gasteiger partial charge is 0.298 e. The van der Waals surface area contributed by atoms with Crippen LogP contribution in [0.2, 0.25) is 0 Å². The number of nitrogens with one attached hydrogen (secondary N) is 1. The van der Waals surface area contributed by atoms with Crippen molar-refractivity contribution in [2.45, 2.75) is 12.8 Å². The highest BCUT2D eigenvalue weighted by molar-refractivity contribution is 5.42. The number of hydrazine groups is 1. The lowest BCUT2D eigenvalue weighted by Gasteiger charge is -2.34. The average Bonchev–Trinajstić information content (AvgIpc) is 3.13. The van der Waals surface area contributed by atoms with Gasteiger partial charge in [-0.05, 0) is 43.5 Å². The van der Waals surface area contributed by atoms with Gasteiger partial charge in [-0.3, -0.25) is 15.3 Å². The molecule has 0 radical (unpaired) electrons. The van der Waals surface area contributed by atoms with E-state index in [2.05, 4.69) is 52.8 Å². The standard InChI is InChI=1S/C14H19N3/c1-16-9-13(12-7-8-12)10-17(11-16)15-14-5-3-2-4-6-14/h2-6,10,12,15H,7-9,11H2,1H3. The van der Waals surface area contributed by atoms with Crippen LogP contribution in [0, 0.1) is 5.92 Å². The van der Waals surface area contributed by atoms with Gasteiger partial charge in [0.25, 0.3) is 0 Å². The number of hydrogen-bond acceptors (Lipinski definition) is 3. The fourth-order valence-electron chi connectivity index (χ4n) is 2.34. The van der Waals surface area contributed by atoms with Gasteiger partial charge in [0.15, 0.2) is 0 Å². The third-order valence-electron chi connectivity index (χ3n) is 3.32. The Bertz CT molecular complexity index is 409. The van der Waals surface area contributed by atoms with Gasteiger partial charge < -0.3 is 0 Å². The second-order valence-electron chi connectivity index (χ2n) is 5.08. The van der Waals surface area contributed by atoms with Crippen LogP contribution in [0.15, 0.2) is 42.1 Å². The van der Waals surface area contributed by atoms with Crippen LogP contribution in [0.4, 0.5) is 5.69 Å². The molecule has 1 heterocycles. The SMILES string of the molecule is CN1CC(C2CC2)=CN(Nc2ccccc2)C1. The van der Waals surface area contributed by atoms with E-state index in [1.165, 1.54) is 12.8 Å². The number of benzene rings is 1. The maximum absolute atomic E-state index is 3.44. The van der Waals surface area contributed by atoms with Crippen molar-refractivity contribution in [1.29, 1.82) is 0 Å². The summed E-state index contributed by atoms with van der Waals surface area (Å²) in [6, 6.07) is 10.3. The van der Waals surface area contributed by atoms with E-state index in [0.29, 0.717) is 0 Å². The summed E-state index contributed by atoms with van der Waals surface area (Å²) in [7, 11) is 2.18. The van der Waals surface area contributed by atoms with E-state index in [0.717, 1.165) is 24.8 Å². The first-order chi connectivity index (χ1) is 8.31. The average molecular weight is 229 g/mol. The van der Waals surface area contributed by atoms with Crippen LogP contribution in [0.5, 0.6) is 0 Å². The quantitative estimate of drug-likeness (QED) is 0.859. The van der Waals surface area contributed by atoms with E-state index < -0.39 is 0 Å². The van der Waals surface area contributed by atoms with Crippen molar-refractivity contribution in [2.24, 2.45) is 5.92 Å². The molecule has 1 aliphatic carbocycles. The third-order valence-corrected chi connectivity index (χ3v) is 3.32. The molecular weight excluding hydrogens is 210 g/mol. The van der Waals surface area contributed by atoms with Crippen molar-refractivity contribution in [3.8, 4) is 0 Å². The molecule has 0 atom stereocenters. The summed E-state index contributed by atoms with van der Waals surface area (Å²) in [5, 5.41) is 2.19. The molecule has 3 nitrogen and oxygen atoms in total. The van der Waals surface area contributed by atoms with Gasteiger partial charge in [0.2, 0.25) is 0 Å². The van der Waals surface area contributed by atoms with Crippen molar-refractivity contribution in [3.63, 3.8) is 0 Å². The molecule has 1 aliphatic heterocycles. The molecular formula is C14H19N3. The topological polar surface area (TPSA) is 18.5 Å². The Kier molecular flexibility index (Phi) is 2.77. The molecule has 90 valence electrons. The summed E-state index contributed by atoms with van der Waals surface area (Å²) in [4.78, 5) is 2.35. The van der Waals surface area contributed by atoms with Gasteiger partial charge in [-0.1, -0.05) is 18.2 Å². The zero-order valence-electron chi connectivity index (χ0n) is 10.3. The minimum absolute atomic E-state index is 0.845. The normalized spacial score (nSPS) is 21.2. The fraction of sp³-hybridized carbons (Fsp3) is 0.429. The molecule has 0 amide bonds. The first kappa shape index (κ1) is 10.7. The van der Waals surface area contributed by atoms with Gasteiger partial charge >= 0.3 is 0 Å². The van der Waals surface area contributed by atoms with Crippen LogP contribution >= 0.6 is 0 Å². The highest BCUT2D eigenvalue weighted by Gasteiger charge is 2.29. The van der Waals surface area contributed by atoms with Gasteiger partial charge in [-0.2, -0.15) is 0 Å². The number of para-hydroxylation sites is 1. The van der Waals surface area contributed by atoms with Gasteiger partial charge in [-0.15, -0.1) is 0 Å². The predicted molar refractivity (Wildman–Crippen MR) is 70.2 cm³/mol. The molecule has 3 heteroatoms. The van der Waals surface area contributed by atoms with E-state index in [9.17, 15) is 0 Å². The first-order valence-corrected chi connectivity index (χ1v) is 6.29. The van der Waals surface area contributed by atoms with Crippen LogP contribution in [-0.4, -0.2) is 30.2 Å². The molecule has 1 aromatic carbocycles. The summed E-state index contributed by atoms with van der Waals surface area (Å²) in [6.07, 6.45) is 5.04. The van der Waals surface area contributed by atoms with Crippen molar-refractivity contribution in [3.05, 3.63) is 42.1 Å². The first-order valence-electron chi connectivity index (χ1n) is 6.29. The van der Waals surface area contributed by atoms with E-state index in [1.807, 2.05) is 6.07 Å². The molecule has 2 aliphatic rings. The maximum atomic E-state index is 3.44. The zero-order chi connectivity index (χ0) is 11.7. The second kappa shape index (κ2) is 4.41. The predicted octanol–water partition coefficient (Wildman–Crippen LogP) is 2.51. The molecule has 0 aromatic heterocycles. The lowest BCUT2D eigenvalue weighted by molar-refractivity contribution is 0.215. The molecule has 1 fully saturated rings. The van der Waals surface area contributed by atoms with Crippen LogP contribution in [0.25, 0.3) is 0 Å². The van der Waals surface area contributed by atoms with Gasteiger partial charge in [-0.25, -0.2) is 0 Å². The third kappa shape index (κ3) is 2.61. The van der Waals surface area contributed by atoms with E-state index >= 15 is 0 Å². The summed E-state index contributed by atoms with van der Waals surface area (Å²) >= 11 is 0. The molecule has 0 spiro atoms. The Balaban J connectivity index is 1.71. The highest BCUT2D eigenvalue weighted by atomic mass is 15.6. The summed E-state index contributed by atoms with van der Waals surface area (Å²) in [5.41, 5.74) is 6.16. The molecule has 1 aromatic rings. The summed E-state index contributed by atoms with van der Waals surface area (Å²) in [5.74, 6) is 0.845. The Morgan fingerprint density at radius 3 is 2.65 bits per heavy atom. The van der Waals surface area contributed by atoms with E-state index in [1.54, 1.807) is 5.57 Å². The van der Waals surface area contributed by atoms with Crippen LogP contribution in [0.1, 0.15) is 12.8 Å². The van der Waals surface area contributed by atoms with Crippen LogP contribution < -0.4 is 5.43 Å². The van der Waals surface area contributed by atoms with Gasteiger partial charge in [0, 0.05) is 12.7 Å². The molecule has 0 bridgehead atoms. The fourth-order valence-corrected chi connectivity index (χ4v) is 2.34. The smallest absolute Gasteiger partial charge is 0.0907 e. The lowest BCUT2D eigenvalue weighted by Crippen LogP contribution is -2.41. The Labute approximate surface area is 103 Å². The Morgan fingerprint density at radius 1 is 1.18 bits per heavy atom. The zero-order valence-corrected chi connectivity index (χ0v) is 10.3. The van der Waals surface area contributed by atoms with E-state index in [4.69, 9.17) is 0 Å². The molecule has 0 unspecified atom stereocenters. The van der Waals surface area contributed by atoms with Crippen LogP contribution in [0.3, 0.4) is 0 Å². The highest BCUT2D eigenvalue weighted by Crippen LogP contribution is 2.37. The minimum atomic E-state index is 0.845. The number of anilines is 1. The second-order valence-corrected chi connectivity index (χ2v) is 5.08. The minimum Gasteiger partial charge on any atom is -0.298 e. The number of nitrogens with zero attached hydrogens (tertiary/aromatic N) is 2. The molecule has 3 rings (SSSR count). The monoisotopic (exact) mass is 229 g/mol. The van der Waals surface area contributed by atoms with Crippen molar-refractivity contribution in [1.82, 2.24) is 9.91 Å². The molecule has 1 saturated carbocycles. The number of likely N-dealkylation sites (N-methyl/N-ethyl adjacent to an activating group) is 1. The van der Waals surface area contributed by atoms with Crippen LogP contribution in [-0.2, 0) is 0 Å². The van der Waals surface area contributed by atoms with Crippen molar-refractivity contribution in [2.75, 3.05) is 25.7 Å². The summed E-state index contributed by atoms with van der Waals surface area (Å²) in [6.45, 7) is 2.06. The van der Waals surface area contributed by atoms with Gasteiger partial charge in [0.1, 0.15) is 0 Å². The Morgan fingerprint density at radius 2 is 1.94 bits per heavy atom. The van der Waals surface area contributed by atoms with Crippen molar-refractivity contribution < 1.29 is 0 Å². The Hall–Kier alpha value is -1.48. The molecule has 17 heavy (non-hydrogen) atoms. The van der Waals surface area contributed by atoms with Crippen molar-refractivity contribution >= 4 is 5.69 Å². The maximum Gasteiger partial charge on any atom is 0.0907 e. The number of rotatable bonds is 3. The molecule has 1 N–H and O–H groups in total. The lowest BCUT2D eigenvalue weighted by atomic mass is 10.1. The molecule has 0 saturated heterocycles. The van der Waals surface area contributed by atoms with E-state index in [-0.39, 0.29) is 0 Å². The number of hydrogen-bond donors (Lipinski definition) is 1. The van der Waals surface area contributed by atoms with Gasteiger partial charge in [0.05, 0.1) is 12.4 Å².